The van der Waals surface area contributed by atoms with Crippen molar-refractivity contribution in [3.05, 3.63) is 22.2 Å². The molecule has 1 fully saturated rings. The molecule has 242 valence electrons. The number of nitrogens with two attached hydrogens (primary N) is 1. The van der Waals surface area contributed by atoms with Gasteiger partial charge in [0.1, 0.15) is 23.9 Å². The van der Waals surface area contributed by atoms with Crippen molar-refractivity contribution < 1.29 is 42.7 Å². The number of aliphatic hydroxyl groups is 2. The topological polar surface area (TPSA) is 218 Å². The highest BCUT2D eigenvalue weighted by Crippen LogP contribution is 2.51. The summed E-state index contributed by atoms with van der Waals surface area (Å²) in [6, 6.07) is 0. The average Bonchev–Trinajstić information content (AvgIpc) is 3.40. The third-order valence-electron chi connectivity index (χ3n) is 6.23. The second-order valence-corrected chi connectivity index (χ2v) is 16.0. The van der Waals surface area contributed by atoms with E-state index in [1.807, 2.05) is 0 Å². The Hall–Kier alpha value is -1.82. The Kier molecular flexibility index (Phi) is 11.3. The van der Waals surface area contributed by atoms with Crippen LogP contribution in [0.2, 0.25) is 0 Å². The molecule has 0 spiro atoms. The Morgan fingerprint density at radius 2 is 1.65 bits per heavy atom. The first-order valence-electron chi connectivity index (χ1n) is 13.4. The normalized spacial score (nSPS) is 23.2. The summed E-state index contributed by atoms with van der Waals surface area (Å²) in [7, 11) is -4.29. The number of fused-ring (bicyclic) bond motifs is 1. The van der Waals surface area contributed by atoms with Gasteiger partial charge in [-0.1, -0.05) is 65.1 Å². The molecule has 1 aliphatic heterocycles. The van der Waals surface area contributed by atoms with Crippen LogP contribution >= 0.6 is 31.3 Å². The number of phosphoric ester groups is 1. The first-order valence-corrected chi connectivity index (χ1v) is 16.9. The minimum absolute atomic E-state index is 0.0776. The molecule has 0 aliphatic carbocycles. The Bertz CT molecular complexity index is 1380. The van der Waals surface area contributed by atoms with Gasteiger partial charge in [0, 0.05) is 22.3 Å². The van der Waals surface area contributed by atoms with Gasteiger partial charge >= 0.3 is 7.82 Å². The molecule has 0 saturated carbocycles. The molecule has 4 atom stereocenters. The van der Waals surface area contributed by atoms with E-state index in [1.165, 1.54) is 13.1 Å². The summed E-state index contributed by atoms with van der Waals surface area (Å²) in [5.41, 5.74) is 2.02. The predicted octanol–water partition coefficient (Wildman–Crippen LogP) is 2.32. The van der Waals surface area contributed by atoms with Gasteiger partial charge in [-0.3, -0.25) is 32.9 Å². The molecule has 2 aromatic heterocycles. The highest BCUT2D eigenvalue weighted by molar-refractivity contribution is 8.14. The molecule has 0 radical (unpaired) electrons. The first kappa shape index (κ1) is 35.7. The van der Waals surface area contributed by atoms with Gasteiger partial charge < -0.3 is 20.7 Å². The second-order valence-electron chi connectivity index (χ2n) is 12.2. The van der Waals surface area contributed by atoms with E-state index in [4.69, 9.17) is 24.0 Å². The minimum atomic E-state index is -4.29. The number of hydrogen-bond donors (Lipinski definition) is 4. The summed E-state index contributed by atoms with van der Waals surface area (Å²) in [5.74, 6) is 0.148. The van der Waals surface area contributed by atoms with Crippen molar-refractivity contribution in [2.24, 2.45) is 10.8 Å². The number of aromatic nitrogens is 4. The van der Waals surface area contributed by atoms with Crippen LogP contribution in [0.15, 0.2) is 11.0 Å². The Morgan fingerprint density at radius 1 is 1.12 bits per heavy atom. The number of nitrogens with zero attached hydrogens (tertiary/aromatic N) is 3. The van der Waals surface area contributed by atoms with E-state index in [1.54, 1.807) is 41.5 Å². The lowest BCUT2D eigenvalue weighted by molar-refractivity contribution is -0.118. The maximum atomic E-state index is 13.6. The fraction of sp³-hybridized carbons (Fsp3) is 0.720. The summed E-state index contributed by atoms with van der Waals surface area (Å²) >= 11 is 2.03. The van der Waals surface area contributed by atoms with Crippen LogP contribution in [-0.2, 0) is 32.5 Å². The van der Waals surface area contributed by atoms with Crippen LogP contribution in [0.1, 0.15) is 60.3 Å². The second kappa shape index (κ2) is 13.7. The van der Waals surface area contributed by atoms with Crippen LogP contribution in [0.25, 0.3) is 5.65 Å². The van der Waals surface area contributed by atoms with E-state index in [0.717, 1.165) is 28.0 Å². The number of thioether (sulfide) groups is 2. The maximum Gasteiger partial charge on any atom is 0.474 e. The van der Waals surface area contributed by atoms with E-state index in [2.05, 4.69) is 15.1 Å². The number of ether oxygens (including phenoxy) is 1. The number of carbonyl (C=O) groups excluding carboxylic acids is 2. The number of hydrogen-bond acceptors (Lipinski definition) is 15. The fourth-order valence-corrected chi connectivity index (χ4v) is 6.80. The molecule has 43 heavy (non-hydrogen) atoms. The van der Waals surface area contributed by atoms with Crippen molar-refractivity contribution in [3.63, 3.8) is 0 Å². The third-order valence-corrected chi connectivity index (χ3v) is 10.2. The van der Waals surface area contributed by atoms with Crippen molar-refractivity contribution >= 4 is 53.2 Å². The van der Waals surface area contributed by atoms with Gasteiger partial charge in [-0.2, -0.15) is 0 Å². The quantitative estimate of drug-likeness (QED) is 0.189. The van der Waals surface area contributed by atoms with Crippen molar-refractivity contribution in [1.82, 2.24) is 19.6 Å². The van der Waals surface area contributed by atoms with Crippen molar-refractivity contribution in [2.45, 2.75) is 72.4 Å². The average molecular weight is 666 g/mol. The van der Waals surface area contributed by atoms with Gasteiger partial charge in [-0.25, -0.2) is 14.1 Å². The zero-order valence-corrected chi connectivity index (χ0v) is 27.7. The van der Waals surface area contributed by atoms with Crippen molar-refractivity contribution in [1.29, 1.82) is 0 Å². The fourth-order valence-electron chi connectivity index (χ4n) is 3.80. The first-order chi connectivity index (χ1) is 19.8. The lowest BCUT2D eigenvalue weighted by Crippen LogP contribution is -2.43. The molecule has 15 nitrogen and oxygen atoms in total. The van der Waals surface area contributed by atoms with Gasteiger partial charge in [0.05, 0.1) is 31.7 Å². The number of H-pyrrole nitrogens is 1. The summed E-state index contributed by atoms with van der Waals surface area (Å²) < 4.78 is 37.0. The molecule has 3 heterocycles. The van der Waals surface area contributed by atoms with E-state index < -0.39 is 54.7 Å². The van der Waals surface area contributed by atoms with E-state index in [-0.39, 0.29) is 52.2 Å². The highest BCUT2D eigenvalue weighted by Gasteiger charge is 2.54. The number of nitrogen functional groups attached to an aromatic ring is 1. The Labute approximate surface area is 257 Å². The molecule has 18 heteroatoms. The van der Waals surface area contributed by atoms with Gasteiger partial charge in [-0.15, -0.1) is 5.10 Å². The number of aromatic amines is 1. The van der Waals surface area contributed by atoms with Crippen LogP contribution < -0.4 is 11.3 Å². The molecule has 1 saturated heterocycles. The largest absolute Gasteiger partial charge is 0.474 e. The number of aliphatic hydroxyl groups excluding tert-OH is 1. The van der Waals surface area contributed by atoms with E-state index in [0.29, 0.717) is 0 Å². The monoisotopic (exact) mass is 665 g/mol. The van der Waals surface area contributed by atoms with Gasteiger partial charge in [0.2, 0.25) is 11.6 Å². The summed E-state index contributed by atoms with van der Waals surface area (Å²) in [6.45, 7) is 11.2. The molecule has 0 unspecified atom stereocenters. The van der Waals surface area contributed by atoms with Crippen LogP contribution in [0.5, 0.6) is 0 Å². The Morgan fingerprint density at radius 3 is 2.16 bits per heavy atom. The highest BCUT2D eigenvalue weighted by atomic mass is 32.2. The lowest BCUT2D eigenvalue weighted by atomic mass is 9.91. The van der Waals surface area contributed by atoms with Crippen LogP contribution in [-0.4, -0.2) is 89.2 Å². The van der Waals surface area contributed by atoms with Crippen LogP contribution in [0, 0.1) is 10.8 Å². The number of rotatable bonds is 12. The molecule has 0 amide bonds. The molecule has 1 aliphatic rings. The zero-order valence-electron chi connectivity index (χ0n) is 25.2. The van der Waals surface area contributed by atoms with Crippen molar-refractivity contribution in [3.8, 4) is 0 Å². The number of anilines is 1. The molecule has 0 bridgehead atoms. The molecule has 0 aromatic carbocycles. The molecule has 2 aromatic rings. The molecule has 5 N–H and O–H groups in total. The lowest BCUT2D eigenvalue weighted by Gasteiger charge is -2.26. The van der Waals surface area contributed by atoms with E-state index in [9.17, 15) is 29.2 Å². The number of carbonyl (C=O) groups is 2. The number of nitrogens with one attached hydrogen (secondary N) is 1. The smallest absolute Gasteiger partial charge is 0.387 e. The molecular weight excluding hydrogens is 625 g/mol. The van der Waals surface area contributed by atoms with Gasteiger partial charge in [0.25, 0.3) is 5.56 Å². The summed E-state index contributed by atoms with van der Waals surface area (Å²) in [4.78, 5) is 43.0. The molecule has 3 rings (SSSR count). The SMILES string of the molecule is CC(C)(C)C(=O)SCCOP(=O)(OCCSC(=O)C(C)(C)C)OC[C@H]1O[C@@H](c2cnc3c(=O)[nH]c(N)nn23)[C@](C)(O)[C@@H]1O. The molecular formula is C25H40N5O10PS2. The number of imidazole rings is 1. The maximum absolute atomic E-state index is 13.6. The van der Waals surface area contributed by atoms with Crippen LogP contribution in [0.4, 0.5) is 5.95 Å². The Balaban J connectivity index is 1.71. The minimum Gasteiger partial charge on any atom is -0.387 e. The van der Waals surface area contributed by atoms with Crippen LogP contribution in [0.3, 0.4) is 0 Å². The standard InChI is InChI=1S/C25H40N5O10PS2/c1-23(2,3)20(33)42-10-8-37-41(36,38-9-11-43-21(34)24(4,5)6)39-13-15-16(31)25(7,35)17(40-15)14-12-27-18-19(32)28-22(26)29-30(14)18/h12,15-17,31,35H,8-11,13H2,1-7H3,(H3,26,28,29,32)/t15-,16-,17+,25-/m1/s1. The predicted molar refractivity (Wildman–Crippen MR) is 162 cm³/mol. The summed E-state index contributed by atoms with van der Waals surface area (Å²) in [6.07, 6.45) is -2.74. The van der Waals surface area contributed by atoms with Gasteiger partial charge in [-0.05, 0) is 6.92 Å². The summed E-state index contributed by atoms with van der Waals surface area (Å²) in [5, 5.41) is 25.9. The van der Waals surface area contributed by atoms with Crippen molar-refractivity contribution in [2.75, 3.05) is 37.1 Å². The third kappa shape index (κ3) is 8.89. The number of phosphoric acid groups is 1. The van der Waals surface area contributed by atoms with Gasteiger partial charge in [0.15, 0.2) is 10.2 Å². The van der Waals surface area contributed by atoms with E-state index >= 15 is 0 Å². The zero-order chi connectivity index (χ0) is 32.4.